The van der Waals surface area contributed by atoms with Gasteiger partial charge < -0.3 is 4.90 Å². The van der Waals surface area contributed by atoms with E-state index in [1.807, 2.05) is 12.1 Å². The van der Waals surface area contributed by atoms with Gasteiger partial charge in [0.25, 0.3) is 0 Å². The maximum absolute atomic E-state index is 6.19. The van der Waals surface area contributed by atoms with Crippen molar-refractivity contribution in [3.63, 3.8) is 0 Å². The van der Waals surface area contributed by atoms with Gasteiger partial charge in [-0.2, -0.15) is 0 Å². The Morgan fingerprint density at radius 2 is 1.88 bits per heavy atom. The molecular weight excluding hydrogens is 232 g/mol. The van der Waals surface area contributed by atoms with Crippen LogP contribution in [0.5, 0.6) is 0 Å². The Morgan fingerprint density at radius 1 is 1.06 bits per heavy atom. The van der Waals surface area contributed by atoms with Crippen molar-refractivity contribution in [3.8, 4) is 0 Å². The summed E-state index contributed by atoms with van der Waals surface area (Å²) in [5.41, 5.74) is 2.19. The predicted octanol–water partition coefficient (Wildman–Crippen LogP) is 3.88. The molecule has 1 fully saturated rings. The molecule has 0 radical (unpaired) electrons. The molecular formula is C14H15ClN2. The number of aromatic nitrogens is 1. The third-order valence-corrected chi connectivity index (χ3v) is 3.70. The molecule has 0 atom stereocenters. The lowest BCUT2D eigenvalue weighted by atomic mass is 10.1. The minimum absolute atomic E-state index is 0.737. The molecule has 0 spiro atoms. The van der Waals surface area contributed by atoms with E-state index in [1.165, 1.54) is 30.3 Å². The molecule has 1 aliphatic rings. The van der Waals surface area contributed by atoms with Crippen molar-refractivity contribution in [2.24, 2.45) is 0 Å². The van der Waals surface area contributed by atoms with Crippen LogP contribution < -0.4 is 4.90 Å². The monoisotopic (exact) mass is 246 g/mol. The van der Waals surface area contributed by atoms with E-state index >= 15 is 0 Å². The van der Waals surface area contributed by atoms with Crippen LogP contribution in [0.1, 0.15) is 19.3 Å². The number of fused-ring (bicyclic) bond motifs is 1. The van der Waals surface area contributed by atoms with Gasteiger partial charge in [0.05, 0.1) is 10.5 Å². The zero-order chi connectivity index (χ0) is 11.7. The Kier molecular flexibility index (Phi) is 2.89. The van der Waals surface area contributed by atoms with Gasteiger partial charge in [-0.05, 0) is 43.5 Å². The number of benzene rings is 1. The lowest BCUT2D eigenvalue weighted by Crippen LogP contribution is -2.29. The van der Waals surface area contributed by atoms with Crippen LogP contribution in [0.2, 0.25) is 5.02 Å². The predicted molar refractivity (Wildman–Crippen MR) is 72.8 cm³/mol. The Bertz CT molecular complexity index is 533. The maximum atomic E-state index is 6.19. The van der Waals surface area contributed by atoms with Crippen LogP contribution in [-0.4, -0.2) is 18.1 Å². The van der Waals surface area contributed by atoms with Crippen LogP contribution in [0.4, 0.5) is 5.69 Å². The number of rotatable bonds is 1. The first kappa shape index (κ1) is 10.8. The van der Waals surface area contributed by atoms with E-state index in [9.17, 15) is 0 Å². The topological polar surface area (TPSA) is 16.1 Å². The van der Waals surface area contributed by atoms with Gasteiger partial charge in [0.1, 0.15) is 0 Å². The Balaban J connectivity index is 2.12. The summed E-state index contributed by atoms with van der Waals surface area (Å²) in [6, 6.07) is 8.17. The average molecular weight is 247 g/mol. The first-order valence-electron chi connectivity index (χ1n) is 6.14. The molecule has 1 aromatic carbocycles. The summed E-state index contributed by atoms with van der Waals surface area (Å²) in [6.45, 7) is 2.29. The van der Waals surface area contributed by atoms with E-state index in [2.05, 4.69) is 22.0 Å². The summed E-state index contributed by atoms with van der Waals surface area (Å²) in [6.07, 6.45) is 5.71. The second-order valence-electron chi connectivity index (χ2n) is 4.51. The van der Waals surface area contributed by atoms with Gasteiger partial charge in [0, 0.05) is 30.4 Å². The number of piperidine rings is 1. The fourth-order valence-corrected chi connectivity index (χ4v) is 2.75. The van der Waals surface area contributed by atoms with Gasteiger partial charge in [0.15, 0.2) is 0 Å². The second kappa shape index (κ2) is 4.53. The van der Waals surface area contributed by atoms with Gasteiger partial charge in [-0.15, -0.1) is 0 Å². The molecule has 17 heavy (non-hydrogen) atoms. The molecule has 0 saturated carbocycles. The molecule has 3 rings (SSSR count). The quantitative estimate of drug-likeness (QED) is 0.759. The average Bonchev–Trinajstić information content (AvgIpc) is 2.41. The number of halogens is 1. The van der Waals surface area contributed by atoms with E-state index in [0.717, 1.165) is 23.6 Å². The summed E-state index contributed by atoms with van der Waals surface area (Å²) < 4.78 is 0. The SMILES string of the molecule is Clc1ccc(N2CCCCC2)c2cccnc12. The fourth-order valence-electron chi connectivity index (χ4n) is 2.53. The van der Waals surface area contributed by atoms with E-state index in [4.69, 9.17) is 11.6 Å². The van der Waals surface area contributed by atoms with E-state index in [-0.39, 0.29) is 0 Å². The van der Waals surface area contributed by atoms with Crippen LogP contribution in [0.3, 0.4) is 0 Å². The summed E-state index contributed by atoms with van der Waals surface area (Å²) in [7, 11) is 0. The molecule has 0 unspecified atom stereocenters. The van der Waals surface area contributed by atoms with Crippen LogP contribution >= 0.6 is 11.6 Å². The highest BCUT2D eigenvalue weighted by atomic mass is 35.5. The first-order chi connectivity index (χ1) is 8.36. The van der Waals surface area contributed by atoms with Crippen molar-refractivity contribution in [2.75, 3.05) is 18.0 Å². The van der Waals surface area contributed by atoms with E-state index < -0.39 is 0 Å². The van der Waals surface area contributed by atoms with Crippen molar-refractivity contribution in [2.45, 2.75) is 19.3 Å². The van der Waals surface area contributed by atoms with E-state index in [0.29, 0.717) is 0 Å². The first-order valence-corrected chi connectivity index (χ1v) is 6.52. The molecule has 1 aliphatic heterocycles. The normalized spacial score (nSPS) is 16.4. The maximum Gasteiger partial charge on any atom is 0.0908 e. The molecule has 0 amide bonds. The summed E-state index contributed by atoms with van der Waals surface area (Å²) >= 11 is 6.19. The number of pyridine rings is 1. The van der Waals surface area contributed by atoms with Gasteiger partial charge in [-0.1, -0.05) is 11.6 Å². The Hall–Kier alpha value is -1.28. The number of hydrogen-bond acceptors (Lipinski definition) is 2. The molecule has 0 bridgehead atoms. The highest BCUT2D eigenvalue weighted by Gasteiger charge is 2.14. The standard InChI is InChI=1S/C14H15ClN2/c15-12-6-7-13(17-9-2-1-3-10-17)11-5-4-8-16-14(11)12/h4-8H,1-3,9-10H2. The van der Waals surface area contributed by atoms with Crippen LogP contribution in [0.15, 0.2) is 30.5 Å². The summed E-state index contributed by atoms with van der Waals surface area (Å²) in [5, 5.41) is 1.91. The van der Waals surface area contributed by atoms with Crippen LogP contribution in [0, 0.1) is 0 Å². The summed E-state index contributed by atoms with van der Waals surface area (Å²) in [4.78, 5) is 6.83. The van der Waals surface area contributed by atoms with Crippen molar-refractivity contribution in [1.82, 2.24) is 4.98 Å². The molecule has 2 heterocycles. The molecule has 0 aliphatic carbocycles. The summed E-state index contributed by atoms with van der Waals surface area (Å²) in [5.74, 6) is 0. The van der Waals surface area contributed by atoms with Gasteiger partial charge in [-0.25, -0.2) is 0 Å². The molecule has 1 aromatic heterocycles. The third kappa shape index (κ3) is 1.98. The molecule has 0 N–H and O–H groups in total. The van der Waals surface area contributed by atoms with Crippen molar-refractivity contribution < 1.29 is 0 Å². The zero-order valence-electron chi connectivity index (χ0n) is 9.69. The number of hydrogen-bond donors (Lipinski definition) is 0. The number of nitrogens with zero attached hydrogens (tertiary/aromatic N) is 2. The fraction of sp³-hybridized carbons (Fsp3) is 0.357. The van der Waals surface area contributed by atoms with Gasteiger partial charge in [-0.3, -0.25) is 4.98 Å². The highest BCUT2D eigenvalue weighted by Crippen LogP contribution is 2.31. The Morgan fingerprint density at radius 3 is 2.71 bits per heavy atom. The molecule has 2 aromatic rings. The van der Waals surface area contributed by atoms with Crippen LogP contribution in [-0.2, 0) is 0 Å². The van der Waals surface area contributed by atoms with Crippen molar-refractivity contribution >= 4 is 28.2 Å². The number of anilines is 1. The van der Waals surface area contributed by atoms with Gasteiger partial charge >= 0.3 is 0 Å². The van der Waals surface area contributed by atoms with Crippen molar-refractivity contribution in [1.29, 1.82) is 0 Å². The largest absolute Gasteiger partial charge is 0.371 e. The smallest absolute Gasteiger partial charge is 0.0908 e. The Labute approximate surface area is 106 Å². The van der Waals surface area contributed by atoms with Crippen LogP contribution in [0.25, 0.3) is 10.9 Å². The molecule has 1 saturated heterocycles. The molecule has 3 heteroatoms. The minimum atomic E-state index is 0.737. The molecule has 88 valence electrons. The minimum Gasteiger partial charge on any atom is -0.371 e. The van der Waals surface area contributed by atoms with E-state index in [1.54, 1.807) is 6.20 Å². The molecule has 2 nitrogen and oxygen atoms in total. The zero-order valence-corrected chi connectivity index (χ0v) is 10.5. The van der Waals surface area contributed by atoms with Gasteiger partial charge in [0.2, 0.25) is 0 Å². The lowest BCUT2D eigenvalue weighted by molar-refractivity contribution is 0.579. The lowest BCUT2D eigenvalue weighted by Gasteiger charge is -2.29. The third-order valence-electron chi connectivity index (χ3n) is 3.39. The van der Waals surface area contributed by atoms with Crippen molar-refractivity contribution in [3.05, 3.63) is 35.5 Å². The highest BCUT2D eigenvalue weighted by molar-refractivity contribution is 6.35. The second-order valence-corrected chi connectivity index (χ2v) is 4.92.